The highest BCUT2D eigenvalue weighted by molar-refractivity contribution is 5.93. The molecular weight excluding hydrogens is 186 g/mol. The summed E-state index contributed by atoms with van der Waals surface area (Å²) in [6.45, 7) is 3.95. The van der Waals surface area contributed by atoms with Crippen LogP contribution >= 0.6 is 0 Å². The van der Waals surface area contributed by atoms with Crippen molar-refractivity contribution < 1.29 is 19.4 Å². The highest BCUT2D eigenvalue weighted by Crippen LogP contribution is 2.05. The van der Waals surface area contributed by atoms with Gasteiger partial charge in [-0.25, -0.2) is 0 Å². The third kappa shape index (κ3) is 5.53. The third-order valence-electron chi connectivity index (χ3n) is 1.73. The first-order valence-corrected chi connectivity index (χ1v) is 4.52. The van der Waals surface area contributed by atoms with Crippen molar-refractivity contribution in [2.75, 3.05) is 6.61 Å². The van der Waals surface area contributed by atoms with E-state index in [1.165, 1.54) is 0 Å². The molecule has 1 atom stereocenters. The van der Waals surface area contributed by atoms with Crippen molar-refractivity contribution in [2.45, 2.75) is 33.1 Å². The molecular formula is C9H19NO4. The summed E-state index contributed by atoms with van der Waals surface area (Å²) in [5, 5.41) is 8.60. The molecule has 0 aliphatic rings. The van der Waals surface area contributed by atoms with Crippen LogP contribution in [0.5, 0.6) is 0 Å². The van der Waals surface area contributed by atoms with E-state index in [0.717, 1.165) is 12.8 Å². The zero-order valence-electron chi connectivity index (χ0n) is 8.78. The summed E-state index contributed by atoms with van der Waals surface area (Å²) in [6, 6.07) is 0. The fourth-order valence-corrected chi connectivity index (χ4v) is 0.860. The van der Waals surface area contributed by atoms with Crippen LogP contribution in [0.2, 0.25) is 0 Å². The second-order valence-corrected chi connectivity index (χ2v) is 2.82. The number of hydrogen-bond acceptors (Lipinski definition) is 4. The SMILES string of the molecule is CCCCOC(=O)C(CC)C(=O)O.N. The van der Waals surface area contributed by atoms with E-state index in [1.807, 2.05) is 6.92 Å². The van der Waals surface area contributed by atoms with Crippen molar-refractivity contribution in [1.82, 2.24) is 6.15 Å². The molecule has 0 aliphatic carbocycles. The van der Waals surface area contributed by atoms with E-state index in [1.54, 1.807) is 6.92 Å². The molecule has 0 saturated heterocycles. The normalized spacial score (nSPS) is 11.3. The van der Waals surface area contributed by atoms with Crippen molar-refractivity contribution in [3.8, 4) is 0 Å². The van der Waals surface area contributed by atoms with Gasteiger partial charge in [-0.2, -0.15) is 0 Å². The number of ether oxygens (including phenoxy) is 1. The highest BCUT2D eigenvalue weighted by Gasteiger charge is 2.25. The molecule has 4 N–H and O–H groups in total. The van der Waals surface area contributed by atoms with E-state index in [4.69, 9.17) is 9.84 Å². The van der Waals surface area contributed by atoms with Gasteiger partial charge < -0.3 is 16.0 Å². The van der Waals surface area contributed by atoms with E-state index in [9.17, 15) is 9.59 Å². The summed E-state index contributed by atoms with van der Waals surface area (Å²) in [5.41, 5.74) is 0. The van der Waals surface area contributed by atoms with Crippen LogP contribution < -0.4 is 6.15 Å². The molecule has 5 heteroatoms. The number of unbranched alkanes of at least 4 members (excludes halogenated alkanes) is 1. The molecule has 0 amide bonds. The maximum Gasteiger partial charge on any atom is 0.320 e. The number of carbonyl (C=O) groups excluding carboxylic acids is 1. The molecule has 0 aromatic rings. The van der Waals surface area contributed by atoms with Gasteiger partial charge in [0.05, 0.1) is 6.61 Å². The largest absolute Gasteiger partial charge is 0.481 e. The standard InChI is InChI=1S/C9H16O4.H3N/c1-3-5-6-13-9(12)7(4-2)8(10)11;/h7H,3-6H2,1-2H3,(H,10,11);1H3. The van der Waals surface area contributed by atoms with Crippen molar-refractivity contribution in [3.63, 3.8) is 0 Å². The quantitative estimate of drug-likeness (QED) is 0.390. The number of rotatable bonds is 6. The first-order chi connectivity index (χ1) is 6.13. The van der Waals surface area contributed by atoms with Crippen molar-refractivity contribution in [2.24, 2.45) is 5.92 Å². The molecule has 0 radical (unpaired) electrons. The molecule has 14 heavy (non-hydrogen) atoms. The maximum absolute atomic E-state index is 11.1. The van der Waals surface area contributed by atoms with Crippen molar-refractivity contribution >= 4 is 11.9 Å². The molecule has 0 bridgehead atoms. The molecule has 0 aromatic heterocycles. The lowest BCUT2D eigenvalue weighted by molar-refractivity contribution is -0.158. The van der Waals surface area contributed by atoms with Gasteiger partial charge in [-0.3, -0.25) is 9.59 Å². The van der Waals surface area contributed by atoms with Gasteiger partial charge in [0.1, 0.15) is 0 Å². The predicted molar refractivity (Wildman–Crippen MR) is 52.3 cm³/mol. The monoisotopic (exact) mass is 205 g/mol. The smallest absolute Gasteiger partial charge is 0.320 e. The van der Waals surface area contributed by atoms with Crippen molar-refractivity contribution in [3.05, 3.63) is 0 Å². The Bertz CT molecular complexity index is 182. The minimum Gasteiger partial charge on any atom is -0.481 e. The van der Waals surface area contributed by atoms with Crippen LogP contribution in [0, 0.1) is 5.92 Å². The van der Waals surface area contributed by atoms with Crippen LogP contribution in [0.15, 0.2) is 0 Å². The lowest BCUT2D eigenvalue weighted by Crippen LogP contribution is -2.25. The Balaban J connectivity index is 0. The van der Waals surface area contributed by atoms with Crippen LogP contribution in [0.1, 0.15) is 33.1 Å². The summed E-state index contributed by atoms with van der Waals surface area (Å²) < 4.78 is 4.78. The summed E-state index contributed by atoms with van der Waals surface area (Å²) in [7, 11) is 0. The Morgan fingerprint density at radius 3 is 2.29 bits per heavy atom. The number of carboxylic acid groups (broad SMARTS) is 1. The second-order valence-electron chi connectivity index (χ2n) is 2.82. The van der Waals surface area contributed by atoms with Crippen LogP contribution in [-0.2, 0) is 14.3 Å². The van der Waals surface area contributed by atoms with Gasteiger partial charge in [-0.05, 0) is 12.8 Å². The van der Waals surface area contributed by atoms with Gasteiger partial charge in [0.25, 0.3) is 0 Å². The molecule has 0 aliphatic heterocycles. The van der Waals surface area contributed by atoms with E-state index in [2.05, 4.69) is 0 Å². The molecule has 0 rings (SSSR count). The highest BCUT2D eigenvalue weighted by atomic mass is 16.5. The summed E-state index contributed by atoms with van der Waals surface area (Å²) in [4.78, 5) is 21.6. The molecule has 0 fully saturated rings. The summed E-state index contributed by atoms with van der Waals surface area (Å²) >= 11 is 0. The third-order valence-corrected chi connectivity index (χ3v) is 1.73. The number of carbonyl (C=O) groups is 2. The fourth-order valence-electron chi connectivity index (χ4n) is 0.860. The number of hydrogen-bond donors (Lipinski definition) is 2. The Labute approximate surface area is 84.0 Å². The molecule has 0 aromatic carbocycles. The lowest BCUT2D eigenvalue weighted by atomic mass is 10.1. The topological polar surface area (TPSA) is 98.6 Å². The number of aliphatic carboxylic acids is 1. The van der Waals surface area contributed by atoms with Crippen LogP contribution in [-0.4, -0.2) is 23.7 Å². The van der Waals surface area contributed by atoms with Gasteiger partial charge in [-0.15, -0.1) is 0 Å². The number of esters is 1. The zero-order valence-corrected chi connectivity index (χ0v) is 8.78. The van der Waals surface area contributed by atoms with Gasteiger partial charge in [0.2, 0.25) is 0 Å². The first-order valence-electron chi connectivity index (χ1n) is 4.52. The lowest BCUT2D eigenvalue weighted by Gasteiger charge is -2.08. The van der Waals surface area contributed by atoms with E-state index < -0.39 is 17.9 Å². The first kappa shape index (κ1) is 15.4. The Morgan fingerprint density at radius 2 is 1.93 bits per heavy atom. The van der Waals surface area contributed by atoms with Gasteiger partial charge in [-0.1, -0.05) is 20.3 Å². The minimum absolute atomic E-state index is 0. The van der Waals surface area contributed by atoms with Gasteiger partial charge in [0.15, 0.2) is 5.92 Å². The molecule has 84 valence electrons. The molecule has 5 nitrogen and oxygen atoms in total. The maximum atomic E-state index is 11.1. The Morgan fingerprint density at radius 1 is 1.36 bits per heavy atom. The minimum atomic E-state index is -1.11. The summed E-state index contributed by atoms with van der Waals surface area (Å²) in [5.74, 6) is -2.73. The molecule has 0 spiro atoms. The van der Waals surface area contributed by atoms with E-state index in [-0.39, 0.29) is 12.6 Å². The Kier molecular flexibility index (Phi) is 9.33. The van der Waals surface area contributed by atoms with E-state index >= 15 is 0 Å². The van der Waals surface area contributed by atoms with Crippen LogP contribution in [0.25, 0.3) is 0 Å². The van der Waals surface area contributed by atoms with Gasteiger partial charge >= 0.3 is 11.9 Å². The fraction of sp³-hybridized carbons (Fsp3) is 0.778. The molecule has 1 unspecified atom stereocenters. The molecule has 0 heterocycles. The second kappa shape index (κ2) is 8.50. The average molecular weight is 205 g/mol. The van der Waals surface area contributed by atoms with E-state index in [0.29, 0.717) is 6.61 Å². The van der Waals surface area contributed by atoms with Crippen LogP contribution in [0.3, 0.4) is 0 Å². The zero-order chi connectivity index (χ0) is 10.3. The van der Waals surface area contributed by atoms with Gasteiger partial charge in [0, 0.05) is 0 Å². The van der Waals surface area contributed by atoms with Crippen molar-refractivity contribution in [1.29, 1.82) is 0 Å². The Hall–Kier alpha value is -1.10. The number of carboxylic acids is 1. The average Bonchev–Trinajstić information content (AvgIpc) is 2.05. The van der Waals surface area contributed by atoms with Crippen LogP contribution in [0.4, 0.5) is 0 Å². The molecule has 0 saturated carbocycles. The summed E-state index contributed by atoms with van der Waals surface area (Å²) in [6.07, 6.45) is 1.99. The predicted octanol–water partition coefficient (Wildman–Crippen LogP) is 1.60.